The van der Waals surface area contributed by atoms with Crippen molar-refractivity contribution in [2.24, 2.45) is 5.84 Å². The van der Waals surface area contributed by atoms with Crippen molar-refractivity contribution in [1.82, 2.24) is 5.43 Å². The predicted octanol–water partition coefficient (Wildman–Crippen LogP) is 3.80. The average molecular weight is 290 g/mol. The summed E-state index contributed by atoms with van der Waals surface area (Å²) in [6.07, 6.45) is 0. The molecule has 1 unspecified atom stereocenters. The third-order valence-electron chi connectivity index (χ3n) is 3.15. The Hall–Kier alpha value is -1.36. The molecule has 0 aliphatic carbocycles. The summed E-state index contributed by atoms with van der Waals surface area (Å²) in [6.45, 7) is 4.06. The zero-order valence-electron chi connectivity index (χ0n) is 11.7. The molecule has 2 aromatic rings. The molecule has 4 heteroatoms. The van der Waals surface area contributed by atoms with Gasteiger partial charge < -0.3 is 0 Å². The second kappa shape index (κ2) is 6.88. The Morgan fingerprint density at radius 3 is 2.50 bits per heavy atom. The van der Waals surface area contributed by atoms with Crippen molar-refractivity contribution in [2.45, 2.75) is 24.8 Å². The van der Waals surface area contributed by atoms with Crippen LogP contribution in [0.2, 0.25) is 0 Å². The fourth-order valence-corrected chi connectivity index (χ4v) is 2.83. The minimum atomic E-state index is -0.337. The summed E-state index contributed by atoms with van der Waals surface area (Å²) in [5.74, 6) is 6.42. The molecule has 0 saturated carbocycles. The van der Waals surface area contributed by atoms with Crippen LogP contribution in [0.3, 0.4) is 0 Å². The Kier molecular flexibility index (Phi) is 5.17. The fourth-order valence-electron chi connectivity index (χ4n) is 2.17. The number of thioether (sulfide) groups is 1. The van der Waals surface area contributed by atoms with Gasteiger partial charge >= 0.3 is 0 Å². The van der Waals surface area contributed by atoms with Crippen LogP contribution in [0.25, 0.3) is 0 Å². The molecule has 0 aliphatic rings. The monoisotopic (exact) mass is 290 g/mol. The van der Waals surface area contributed by atoms with Gasteiger partial charge in [-0.1, -0.05) is 36.8 Å². The van der Waals surface area contributed by atoms with E-state index in [1.807, 2.05) is 37.3 Å². The summed E-state index contributed by atoms with van der Waals surface area (Å²) in [5, 5.41) is 0. The van der Waals surface area contributed by atoms with Crippen LogP contribution in [0.15, 0.2) is 47.4 Å². The quantitative estimate of drug-likeness (QED) is 0.500. The van der Waals surface area contributed by atoms with E-state index >= 15 is 0 Å². The molecule has 20 heavy (non-hydrogen) atoms. The molecule has 106 valence electrons. The van der Waals surface area contributed by atoms with Crippen LogP contribution < -0.4 is 11.3 Å². The van der Waals surface area contributed by atoms with Gasteiger partial charge in [0.05, 0.1) is 6.04 Å². The molecular formula is C16H19FN2S. The van der Waals surface area contributed by atoms with Crippen LogP contribution >= 0.6 is 11.8 Å². The first-order valence-corrected chi connectivity index (χ1v) is 7.59. The highest BCUT2D eigenvalue weighted by atomic mass is 32.2. The van der Waals surface area contributed by atoms with E-state index in [9.17, 15) is 4.39 Å². The van der Waals surface area contributed by atoms with E-state index in [1.54, 1.807) is 17.8 Å². The maximum absolute atomic E-state index is 14.0. The van der Waals surface area contributed by atoms with Crippen LogP contribution in [0.4, 0.5) is 4.39 Å². The zero-order valence-corrected chi connectivity index (χ0v) is 12.5. The average Bonchev–Trinajstić information content (AvgIpc) is 2.45. The lowest BCUT2D eigenvalue weighted by molar-refractivity contribution is 0.559. The van der Waals surface area contributed by atoms with Gasteiger partial charge in [0.25, 0.3) is 0 Å². The molecule has 1 atom stereocenters. The predicted molar refractivity (Wildman–Crippen MR) is 83.1 cm³/mol. The standard InChI is InChI=1S/C16H19FN2S/c1-3-20-13-7-5-12(6-8-13)16(19-18)14-10-11(2)4-9-15(14)17/h4-10,16,19H,3,18H2,1-2H3. The number of hydrazine groups is 1. The molecule has 3 N–H and O–H groups in total. The smallest absolute Gasteiger partial charge is 0.128 e. The summed E-state index contributed by atoms with van der Waals surface area (Å²) in [7, 11) is 0. The van der Waals surface area contributed by atoms with E-state index in [0.717, 1.165) is 16.9 Å². The molecule has 0 amide bonds. The molecule has 2 nitrogen and oxygen atoms in total. The first-order chi connectivity index (χ1) is 9.65. The zero-order chi connectivity index (χ0) is 14.5. The highest BCUT2D eigenvalue weighted by Gasteiger charge is 2.16. The second-order valence-electron chi connectivity index (χ2n) is 4.63. The maximum atomic E-state index is 14.0. The van der Waals surface area contributed by atoms with Crippen LogP contribution in [0.5, 0.6) is 0 Å². The second-order valence-corrected chi connectivity index (χ2v) is 5.96. The van der Waals surface area contributed by atoms with Gasteiger partial charge in [0.1, 0.15) is 5.82 Å². The van der Waals surface area contributed by atoms with Gasteiger partial charge in [0, 0.05) is 10.5 Å². The van der Waals surface area contributed by atoms with Crippen molar-refractivity contribution in [1.29, 1.82) is 0 Å². The van der Waals surface area contributed by atoms with E-state index in [4.69, 9.17) is 5.84 Å². The summed E-state index contributed by atoms with van der Waals surface area (Å²) in [6, 6.07) is 12.8. The van der Waals surface area contributed by atoms with Crippen LogP contribution in [0.1, 0.15) is 29.7 Å². The first kappa shape index (κ1) is 15.0. The van der Waals surface area contributed by atoms with Gasteiger partial charge in [-0.2, -0.15) is 0 Å². The minimum Gasteiger partial charge on any atom is -0.271 e. The van der Waals surface area contributed by atoms with Gasteiger partial charge in [-0.05, 0) is 36.4 Å². The molecule has 0 aliphatic heterocycles. The van der Waals surface area contributed by atoms with E-state index < -0.39 is 0 Å². The van der Waals surface area contributed by atoms with Gasteiger partial charge in [0.2, 0.25) is 0 Å². The molecule has 0 bridgehead atoms. The number of halogens is 1. The Morgan fingerprint density at radius 1 is 1.20 bits per heavy atom. The normalized spacial score (nSPS) is 12.4. The van der Waals surface area contributed by atoms with E-state index in [1.165, 1.54) is 11.0 Å². The number of aryl methyl sites for hydroxylation is 1. The van der Waals surface area contributed by atoms with Crippen LogP contribution in [-0.4, -0.2) is 5.75 Å². The summed E-state index contributed by atoms with van der Waals surface area (Å²) < 4.78 is 14.0. The van der Waals surface area contributed by atoms with Crippen molar-refractivity contribution in [3.63, 3.8) is 0 Å². The van der Waals surface area contributed by atoms with E-state index in [2.05, 4.69) is 12.3 Å². The van der Waals surface area contributed by atoms with E-state index in [-0.39, 0.29) is 11.9 Å². The van der Waals surface area contributed by atoms with Crippen molar-refractivity contribution in [2.75, 3.05) is 5.75 Å². The number of nitrogens with two attached hydrogens (primary N) is 1. The highest BCUT2D eigenvalue weighted by molar-refractivity contribution is 7.99. The van der Waals surface area contributed by atoms with Crippen LogP contribution in [0, 0.1) is 12.7 Å². The van der Waals surface area contributed by atoms with Crippen molar-refractivity contribution < 1.29 is 4.39 Å². The lowest BCUT2D eigenvalue weighted by Gasteiger charge is -2.18. The van der Waals surface area contributed by atoms with Gasteiger partial charge in [-0.25, -0.2) is 9.82 Å². The molecule has 0 aromatic heterocycles. The molecule has 2 rings (SSSR count). The lowest BCUT2D eigenvalue weighted by Crippen LogP contribution is -2.29. The Bertz CT molecular complexity index is 569. The maximum Gasteiger partial charge on any atom is 0.128 e. The van der Waals surface area contributed by atoms with Crippen molar-refractivity contribution in [3.05, 3.63) is 65.0 Å². The lowest BCUT2D eigenvalue weighted by atomic mass is 9.97. The number of benzene rings is 2. The summed E-state index contributed by atoms with van der Waals surface area (Å²) in [4.78, 5) is 1.21. The molecule has 0 spiro atoms. The SMILES string of the molecule is CCSc1ccc(C(NN)c2cc(C)ccc2F)cc1. The molecule has 2 aromatic carbocycles. The topological polar surface area (TPSA) is 38.0 Å². The summed E-state index contributed by atoms with van der Waals surface area (Å²) in [5.41, 5.74) is 5.25. The molecular weight excluding hydrogens is 271 g/mol. The molecule has 0 saturated heterocycles. The number of rotatable bonds is 5. The van der Waals surface area contributed by atoms with Gasteiger partial charge in [0.15, 0.2) is 0 Å². The Morgan fingerprint density at radius 2 is 1.90 bits per heavy atom. The Balaban J connectivity index is 2.34. The minimum absolute atomic E-state index is 0.245. The Labute approximate surface area is 123 Å². The molecule has 0 fully saturated rings. The molecule has 0 heterocycles. The first-order valence-electron chi connectivity index (χ1n) is 6.60. The number of hydrogen-bond donors (Lipinski definition) is 2. The number of nitrogens with one attached hydrogen (secondary N) is 1. The van der Waals surface area contributed by atoms with Gasteiger partial charge in [-0.3, -0.25) is 5.84 Å². The van der Waals surface area contributed by atoms with Gasteiger partial charge in [-0.15, -0.1) is 11.8 Å². The fraction of sp³-hybridized carbons (Fsp3) is 0.250. The van der Waals surface area contributed by atoms with Crippen LogP contribution in [-0.2, 0) is 0 Å². The molecule has 0 radical (unpaired) electrons. The highest BCUT2D eigenvalue weighted by Crippen LogP contribution is 2.27. The summed E-state index contributed by atoms with van der Waals surface area (Å²) >= 11 is 1.78. The third kappa shape index (κ3) is 3.39. The van der Waals surface area contributed by atoms with Crippen molar-refractivity contribution >= 4 is 11.8 Å². The number of hydrogen-bond acceptors (Lipinski definition) is 3. The van der Waals surface area contributed by atoms with Crippen molar-refractivity contribution in [3.8, 4) is 0 Å². The third-order valence-corrected chi connectivity index (χ3v) is 4.05. The largest absolute Gasteiger partial charge is 0.271 e. The van der Waals surface area contributed by atoms with E-state index in [0.29, 0.717) is 5.56 Å².